The lowest BCUT2D eigenvalue weighted by molar-refractivity contribution is -0.382. The molecule has 1 aromatic heterocycles. The summed E-state index contributed by atoms with van der Waals surface area (Å²) in [5, 5.41) is 12.9. The summed E-state index contributed by atoms with van der Waals surface area (Å²) in [4.78, 5) is 10.3. The molecule has 2 rings (SSSR count). The summed E-state index contributed by atoms with van der Waals surface area (Å²) in [6.45, 7) is 0. The van der Waals surface area contributed by atoms with Crippen LogP contribution in [-0.2, 0) is 0 Å². The molecule has 0 spiro atoms. The number of thiophene rings is 1. The van der Waals surface area contributed by atoms with Gasteiger partial charge >= 0.3 is 0 Å². The molecule has 0 unspecified atom stereocenters. The van der Waals surface area contributed by atoms with Crippen LogP contribution in [-0.4, -0.2) is 4.92 Å². The molecular weight excluding hydrogens is 334 g/mol. The number of hydrogen-bond acceptors (Lipinski definition) is 3. The van der Waals surface area contributed by atoms with Crippen LogP contribution in [0.5, 0.6) is 0 Å². The van der Waals surface area contributed by atoms with Crippen LogP contribution in [0.15, 0.2) is 26.5 Å². The average Bonchev–Trinajstić information content (AvgIpc) is 2.47. The molecule has 0 aliphatic heterocycles. The number of nitro groups is 1. The van der Waals surface area contributed by atoms with Gasteiger partial charge in [0.2, 0.25) is 0 Å². The zero-order valence-electron chi connectivity index (χ0n) is 6.66. The first-order valence-corrected chi connectivity index (χ1v) is 6.07. The van der Waals surface area contributed by atoms with E-state index in [1.165, 1.54) is 11.3 Å². The number of fused-ring (bicyclic) bond motifs is 1. The Morgan fingerprint density at radius 1 is 1.36 bits per heavy atom. The first-order valence-electron chi connectivity index (χ1n) is 3.60. The van der Waals surface area contributed by atoms with Crippen LogP contribution in [0.1, 0.15) is 0 Å². The van der Waals surface area contributed by atoms with Crippen molar-refractivity contribution in [2.45, 2.75) is 0 Å². The van der Waals surface area contributed by atoms with Crippen molar-refractivity contribution in [3.63, 3.8) is 0 Å². The fourth-order valence-corrected chi connectivity index (χ4v) is 3.60. The summed E-state index contributed by atoms with van der Waals surface area (Å²) in [6, 6.07) is 3.64. The van der Waals surface area contributed by atoms with Gasteiger partial charge in [-0.3, -0.25) is 10.1 Å². The molecule has 0 saturated carbocycles. The Kier molecular flexibility index (Phi) is 2.59. The predicted octanol–water partition coefficient (Wildman–Crippen LogP) is 4.33. The smallest absolute Gasteiger partial charge is 0.258 e. The molecule has 0 radical (unpaired) electrons. The molecule has 3 nitrogen and oxygen atoms in total. The van der Waals surface area contributed by atoms with Crippen molar-refractivity contribution in [3.05, 3.63) is 36.6 Å². The molecule has 0 fully saturated rings. The monoisotopic (exact) mass is 335 g/mol. The first kappa shape index (κ1) is 10.1. The van der Waals surface area contributed by atoms with Crippen LogP contribution in [0.25, 0.3) is 10.1 Å². The topological polar surface area (TPSA) is 43.1 Å². The van der Waals surface area contributed by atoms with Crippen molar-refractivity contribution >= 4 is 59.0 Å². The van der Waals surface area contributed by atoms with Crippen LogP contribution >= 0.6 is 43.2 Å². The second-order valence-electron chi connectivity index (χ2n) is 2.64. The minimum atomic E-state index is -0.363. The molecule has 0 amide bonds. The number of hydrogen-bond donors (Lipinski definition) is 0. The third kappa shape index (κ3) is 1.57. The fourth-order valence-electron chi connectivity index (χ4n) is 1.19. The van der Waals surface area contributed by atoms with Gasteiger partial charge in [0.25, 0.3) is 5.69 Å². The van der Waals surface area contributed by atoms with Gasteiger partial charge in [-0.2, -0.15) is 0 Å². The second kappa shape index (κ2) is 3.60. The van der Waals surface area contributed by atoms with Crippen LogP contribution in [0, 0.1) is 10.1 Å². The standard InChI is InChI=1S/C8H3Br2NO2S/c9-4-1-5-7(11(12)13)3-14-8(5)6(10)2-4/h1-3H. The van der Waals surface area contributed by atoms with E-state index in [4.69, 9.17) is 0 Å². The Balaban J connectivity index is 2.85. The van der Waals surface area contributed by atoms with Crippen LogP contribution in [0.4, 0.5) is 5.69 Å². The number of benzene rings is 1. The molecule has 6 heteroatoms. The molecular formula is C8H3Br2NO2S. The van der Waals surface area contributed by atoms with Gasteiger partial charge in [-0.1, -0.05) is 15.9 Å². The summed E-state index contributed by atoms with van der Waals surface area (Å²) >= 11 is 8.04. The Morgan fingerprint density at radius 2 is 2.07 bits per heavy atom. The normalized spacial score (nSPS) is 10.7. The Hall–Kier alpha value is -0.460. The molecule has 0 bridgehead atoms. The van der Waals surface area contributed by atoms with Crippen molar-refractivity contribution in [1.82, 2.24) is 0 Å². The van der Waals surface area contributed by atoms with Gasteiger partial charge in [0.1, 0.15) is 0 Å². The highest BCUT2D eigenvalue weighted by atomic mass is 79.9. The zero-order valence-corrected chi connectivity index (χ0v) is 10.6. The predicted molar refractivity (Wildman–Crippen MR) is 63.9 cm³/mol. The van der Waals surface area contributed by atoms with E-state index in [1.54, 1.807) is 11.4 Å². The van der Waals surface area contributed by atoms with Gasteiger partial charge in [0.15, 0.2) is 0 Å². The lowest BCUT2D eigenvalue weighted by Crippen LogP contribution is -1.84. The molecule has 0 aliphatic carbocycles. The first-order chi connectivity index (χ1) is 6.59. The molecule has 72 valence electrons. The third-order valence-corrected chi connectivity index (χ3v) is 4.13. The molecule has 0 N–H and O–H groups in total. The fraction of sp³-hybridized carbons (Fsp3) is 0. The highest BCUT2D eigenvalue weighted by molar-refractivity contribution is 9.11. The highest BCUT2D eigenvalue weighted by Crippen LogP contribution is 2.38. The molecule has 1 heterocycles. The van der Waals surface area contributed by atoms with E-state index in [1.807, 2.05) is 6.07 Å². The van der Waals surface area contributed by atoms with Crippen molar-refractivity contribution in [2.75, 3.05) is 0 Å². The maximum absolute atomic E-state index is 10.7. The van der Waals surface area contributed by atoms with Gasteiger partial charge in [-0.05, 0) is 28.1 Å². The molecule has 0 saturated heterocycles. The van der Waals surface area contributed by atoms with Crippen molar-refractivity contribution in [2.24, 2.45) is 0 Å². The van der Waals surface area contributed by atoms with Crippen LogP contribution < -0.4 is 0 Å². The van der Waals surface area contributed by atoms with E-state index in [2.05, 4.69) is 31.9 Å². The summed E-state index contributed by atoms with van der Waals surface area (Å²) in [5.74, 6) is 0. The molecule has 1 aromatic carbocycles. The van der Waals surface area contributed by atoms with Crippen molar-refractivity contribution < 1.29 is 4.92 Å². The van der Waals surface area contributed by atoms with Gasteiger partial charge in [-0.15, -0.1) is 11.3 Å². The summed E-state index contributed by atoms with van der Waals surface area (Å²) < 4.78 is 2.61. The van der Waals surface area contributed by atoms with E-state index in [0.717, 1.165) is 13.6 Å². The van der Waals surface area contributed by atoms with Crippen LogP contribution in [0.3, 0.4) is 0 Å². The average molecular weight is 337 g/mol. The number of nitrogens with zero attached hydrogens (tertiary/aromatic N) is 1. The van der Waals surface area contributed by atoms with Crippen molar-refractivity contribution in [3.8, 4) is 0 Å². The lowest BCUT2D eigenvalue weighted by atomic mass is 10.2. The van der Waals surface area contributed by atoms with Gasteiger partial charge in [0.05, 0.1) is 20.4 Å². The van der Waals surface area contributed by atoms with E-state index in [0.29, 0.717) is 5.39 Å². The quantitative estimate of drug-likeness (QED) is 0.574. The maximum atomic E-state index is 10.7. The summed E-state index contributed by atoms with van der Waals surface area (Å²) in [6.07, 6.45) is 0. The number of rotatable bonds is 1. The van der Waals surface area contributed by atoms with Crippen LogP contribution in [0.2, 0.25) is 0 Å². The highest BCUT2D eigenvalue weighted by Gasteiger charge is 2.16. The molecule has 0 atom stereocenters. The molecule has 2 aromatic rings. The minimum absolute atomic E-state index is 0.159. The molecule has 0 aliphatic rings. The van der Waals surface area contributed by atoms with E-state index in [9.17, 15) is 10.1 Å². The Morgan fingerprint density at radius 3 is 2.71 bits per heavy atom. The van der Waals surface area contributed by atoms with E-state index < -0.39 is 0 Å². The Bertz CT molecular complexity index is 523. The van der Waals surface area contributed by atoms with Gasteiger partial charge in [0, 0.05) is 8.95 Å². The minimum Gasteiger partial charge on any atom is -0.258 e. The van der Waals surface area contributed by atoms with E-state index >= 15 is 0 Å². The van der Waals surface area contributed by atoms with E-state index in [-0.39, 0.29) is 10.6 Å². The maximum Gasteiger partial charge on any atom is 0.287 e. The second-order valence-corrected chi connectivity index (χ2v) is 5.29. The zero-order chi connectivity index (χ0) is 10.3. The van der Waals surface area contributed by atoms with Gasteiger partial charge in [-0.25, -0.2) is 0 Å². The lowest BCUT2D eigenvalue weighted by Gasteiger charge is -1.95. The SMILES string of the molecule is O=[N+]([O-])c1csc2c(Br)cc(Br)cc12. The summed E-state index contributed by atoms with van der Waals surface area (Å²) in [5.41, 5.74) is 0.159. The number of halogens is 2. The largest absolute Gasteiger partial charge is 0.287 e. The molecule has 14 heavy (non-hydrogen) atoms. The summed E-state index contributed by atoms with van der Waals surface area (Å²) in [7, 11) is 0. The van der Waals surface area contributed by atoms with Crippen molar-refractivity contribution in [1.29, 1.82) is 0 Å². The Labute approximate surface area is 100 Å². The third-order valence-electron chi connectivity index (χ3n) is 1.77. The van der Waals surface area contributed by atoms with Gasteiger partial charge < -0.3 is 0 Å².